The fourth-order valence-electron chi connectivity index (χ4n) is 4.88. The van der Waals surface area contributed by atoms with E-state index >= 15 is 0 Å². The molecule has 0 unspecified atom stereocenters. The molecule has 8 nitrogen and oxygen atoms in total. The van der Waals surface area contributed by atoms with Gasteiger partial charge in [0.2, 0.25) is 0 Å². The lowest BCUT2D eigenvalue weighted by molar-refractivity contribution is -0.156. The molecular formula is C20H31N3O5. The third-order valence-corrected chi connectivity index (χ3v) is 6.66. The van der Waals surface area contributed by atoms with Crippen LogP contribution in [-0.4, -0.2) is 64.9 Å². The highest BCUT2D eigenvalue weighted by Crippen LogP contribution is 2.35. The standard InChI is InChI=1S/C20H31N3O5/c1-3-20(4-2)18(26)23(19(27)21-20)12-17(25)28-13-16(24)22-11-7-9-14-8-5-6-10-15(14)22/h14-15H,3-13H2,1-2H3,(H,21,27)/t14-,15+/m0/s1. The highest BCUT2D eigenvalue weighted by molar-refractivity contribution is 6.08. The van der Waals surface area contributed by atoms with Crippen LogP contribution >= 0.6 is 0 Å². The predicted molar refractivity (Wildman–Crippen MR) is 101 cm³/mol. The summed E-state index contributed by atoms with van der Waals surface area (Å²) in [5.41, 5.74) is -0.947. The fourth-order valence-corrected chi connectivity index (χ4v) is 4.88. The molecule has 0 aromatic rings. The van der Waals surface area contributed by atoms with Crippen LogP contribution in [0.25, 0.3) is 0 Å². The van der Waals surface area contributed by atoms with E-state index in [9.17, 15) is 19.2 Å². The van der Waals surface area contributed by atoms with E-state index in [0.29, 0.717) is 25.3 Å². The Morgan fingerprint density at radius 2 is 1.79 bits per heavy atom. The summed E-state index contributed by atoms with van der Waals surface area (Å²) in [5.74, 6) is -0.771. The average Bonchev–Trinajstić information content (AvgIpc) is 2.96. The van der Waals surface area contributed by atoms with Crippen molar-refractivity contribution in [3.63, 3.8) is 0 Å². The molecule has 2 saturated heterocycles. The van der Waals surface area contributed by atoms with Gasteiger partial charge in [0, 0.05) is 12.6 Å². The van der Waals surface area contributed by atoms with Crippen molar-refractivity contribution in [1.29, 1.82) is 0 Å². The minimum atomic E-state index is -0.947. The number of nitrogens with zero attached hydrogens (tertiary/aromatic N) is 2. The number of piperidine rings is 1. The first kappa shape index (κ1) is 20.6. The Balaban J connectivity index is 1.52. The zero-order chi connectivity index (χ0) is 20.3. The Kier molecular flexibility index (Phi) is 6.25. The second-order valence-corrected chi connectivity index (χ2v) is 8.11. The molecule has 4 amide bonds. The third kappa shape index (κ3) is 3.86. The highest BCUT2D eigenvalue weighted by atomic mass is 16.5. The van der Waals surface area contributed by atoms with Crippen LogP contribution in [0, 0.1) is 5.92 Å². The number of carbonyl (C=O) groups is 4. The van der Waals surface area contributed by atoms with Crippen molar-refractivity contribution in [2.24, 2.45) is 5.92 Å². The normalized spacial score (nSPS) is 26.6. The molecule has 0 bridgehead atoms. The average molecular weight is 393 g/mol. The van der Waals surface area contributed by atoms with E-state index in [1.165, 1.54) is 6.42 Å². The number of hydrogen-bond donors (Lipinski definition) is 1. The Bertz CT molecular complexity index is 644. The Labute approximate surface area is 165 Å². The molecule has 8 heteroatoms. The van der Waals surface area contributed by atoms with Crippen LogP contribution in [0.3, 0.4) is 0 Å². The summed E-state index contributed by atoms with van der Waals surface area (Å²) in [4.78, 5) is 52.2. The summed E-state index contributed by atoms with van der Waals surface area (Å²) >= 11 is 0. The minimum Gasteiger partial charge on any atom is -0.454 e. The predicted octanol–water partition coefficient (Wildman–Crippen LogP) is 1.82. The van der Waals surface area contributed by atoms with Gasteiger partial charge in [-0.25, -0.2) is 4.79 Å². The first-order valence-electron chi connectivity index (χ1n) is 10.5. The van der Waals surface area contributed by atoms with Crippen LogP contribution in [0.4, 0.5) is 4.79 Å². The number of hydrogen-bond acceptors (Lipinski definition) is 5. The number of nitrogens with one attached hydrogen (secondary N) is 1. The maximum Gasteiger partial charge on any atom is 0.326 e. The number of esters is 1. The van der Waals surface area contributed by atoms with Gasteiger partial charge in [0.1, 0.15) is 12.1 Å². The van der Waals surface area contributed by atoms with Gasteiger partial charge in [0.15, 0.2) is 6.61 Å². The minimum absolute atomic E-state index is 0.182. The van der Waals surface area contributed by atoms with Crippen molar-refractivity contribution >= 4 is 23.8 Å². The molecule has 2 heterocycles. The summed E-state index contributed by atoms with van der Waals surface area (Å²) in [7, 11) is 0. The van der Waals surface area contributed by atoms with Gasteiger partial charge in [-0.05, 0) is 44.4 Å². The van der Waals surface area contributed by atoms with Crippen LogP contribution in [0.2, 0.25) is 0 Å². The number of amides is 4. The second-order valence-electron chi connectivity index (χ2n) is 8.11. The van der Waals surface area contributed by atoms with Crippen molar-refractivity contribution in [3.05, 3.63) is 0 Å². The van der Waals surface area contributed by atoms with E-state index in [1.807, 2.05) is 18.7 Å². The smallest absolute Gasteiger partial charge is 0.326 e. The lowest BCUT2D eigenvalue weighted by Gasteiger charge is -2.44. The van der Waals surface area contributed by atoms with Gasteiger partial charge >= 0.3 is 12.0 Å². The largest absolute Gasteiger partial charge is 0.454 e. The fraction of sp³-hybridized carbons (Fsp3) is 0.800. The van der Waals surface area contributed by atoms with E-state index in [1.54, 1.807) is 0 Å². The van der Waals surface area contributed by atoms with E-state index in [-0.39, 0.29) is 18.6 Å². The topological polar surface area (TPSA) is 96.0 Å². The summed E-state index contributed by atoms with van der Waals surface area (Å²) in [6, 6.07) is -0.326. The maximum atomic E-state index is 12.6. The molecule has 1 saturated carbocycles. The van der Waals surface area contributed by atoms with Gasteiger partial charge in [0.25, 0.3) is 11.8 Å². The quantitative estimate of drug-likeness (QED) is 0.549. The van der Waals surface area contributed by atoms with E-state index < -0.39 is 30.0 Å². The van der Waals surface area contributed by atoms with Gasteiger partial charge in [-0.2, -0.15) is 0 Å². The van der Waals surface area contributed by atoms with Gasteiger partial charge in [0.05, 0.1) is 0 Å². The number of fused-ring (bicyclic) bond motifs is 1. The van der Waals surface area contributed by atoms with E-state index in [0.717, 1.165) is 37.0 Å². The molecule has 0 radical (unpaired) electrons. The Morgan fingerprint density at radius 1 is 1.11 bits per heavy atom. The lowest BCUT2D eigenvalue weighted by Crippen LogP contribution is -2.51. The zero-order valence-electron chi connectivity index (χ0n) is 16.9. The van der Waals surface area contributed by atoms with Crippen LogP contribution in [0.1, 0.15) is 65.2 Å². The lowest BCUT2D eigenvalue weighted by atomic mass is 9.78. The number of likely N-dealkylation sites (tertiary alicyclic amines) is 1. The van der Waals surface area contributed by atoms with Crippen molar-refractivity contribution in [2.75, 3.05) is 19.7 Å². The van der Waals surface area contributed by atoms with Gasteiger partial charge in [-0.1, -0.05) is 26.7 Å². The maximum absolute atomic E-state index is 12.6. The molecule has 28 heavy (non-hydrogen) atoms. The van der Waals surface area contributed by atoms with Crippen LogP contribution in [0.5, 0.6) is 0 Å². The van der Waals surface area contributed by atoms with Crippen LogP contribution in [0.15, 0.2) is 0 Å². The molecule has 156 valence electrons. The molecule has 2 atom stereocenters. The molecule has 3 fully saturated rings. The van der Waals surface area contributed by atoms with Gasteiger partial charge in [-0.15, -0.1) is 0 Å². The summed E-state index contributed by atoms with van der Waals surface area (Å²) in [6.07, 6.45) is 7.59. The number of rotatable bonds is 6. The molecule has 1 N–H and O–H groups in total. The Morgan fingerprint density at radius 3 is 2.46 bits per heavy atom. The van der Waals surface area contributed by atoms with Gasteiger partial charge < -0.3 is 15.0 Å². The SMILES string of the molecule is CCC1(CC)NC(=O)N(CC(=O)OCC(=O)N2CCC[C@@H]3CCCC[C@H]32)C1=O. The van der Waals surface area contributed by atoms with E-state index in [2.05, 4.69) is 5.32 Å². The first-order valence-corrected chi connectivity index (χ1v) is 10.5. The van der Waals surface area contributed by atoms with Crippen molar-refractivity contribution in [1.82, 2.24) is 15.1 Å². The van der Waals surface area contributed by atoms with Crippen LogP contribution in [-0.2, 0) is 19.1 Å². The molecule has 0 aromatic carbocycles. The summed E-state index contributed by atoms with van der Waals surface area (Å²) < 4.78 is 5.13. The molecule has 0 spiro atoms. The Hall–Kier alpha value is -2.12. The van der Waals surface area contributed by atoms with E-state index in [4.69, 9.17) is 4.74 Å². The molecule has 0 aromatic heterocycles. The number of carbonyl (C=O) groups excluding carboxylic acids is 4. The van der Waals surface area contributed by atoms with Crippen molar-refractivity contribution in [2.45, 2.75) is 76.8 Å². The molecule has 1 aliphatic carbocycles. The monoisotopic (exact) mass is 393 g/mol. The zero-order valence-corrected chi connectivity index (χ0v) is 16.9. The number of imide groups is 1. The number of ether oxygens (including phenoxy) is 1. The first-order chi connectivity index (χ1) is 13.4. The van der Waals surface area contributed by atoms with Crippen molar-refractivity contribution < 1.29 is 23.9 Å². The van der Waals surface area contributed by atoms with Crippen LogP contribution < -0.4 is 5.32 Å². The molecule has 3 rings (SSSR count). The highest BCUT2D eigenvalue weighted by Gasteiger charge is 2.49. The molecule has 3 aliphatic rings. The third-order valence-electron chi connectivity index (χ3n) is 6.66. The summed E-state index contributed by atoms with van der Waals surface area (Å²) in [6.45, 7) is 3.54. The second kappa shape index (κ2) is 8.49. The molecule has 2 aliphatic heterocycles. The number of urea groups is 1. The molecular weight excluding hydrogens is 362 g/mol. The summed E-state index contributed by atoms with van der Waals surface area (Å²) in [5, 5.41) is 2.67. The van der Waals surface area contributed by atoms with Gasteiger partial charge in [-0.3, -0.25) is 19.3 Å². The van der Waals surface area contributed by atoms with Crippen molar-refractivity contribution in [3.8, 4) is 0 Å².